The SMILES string of the molecule is CN(c1cc(Cl)ccc1[N+](=O)[O-])C1CNC1. The lowest BCUT2D eigenvalue weighted by molar-refractivity contribution is -0.384. The molecule has 0 saturated carbocycles. The molecule has 6 heteroatoms. The number of nitro groups is 1. The van der Waals surface area contributed by atoms with Crippen LogP contribution in [0.25, 0.3) is 0 Å². The van der Waals surface area contributed by atoms with Gasteiger partial charge in [0.15, 0.2) is 0 Å². The van der Waals surface area contributed by atoms with Crippen LogP contribution in [0.15, 0.2) is 18.2 Å². The first-order chi connectivity index (χ1) is 7.59. The van der Waals surface area contributed by atoms with Crippen LogP contribution in [0, 0.1) is 10.1 Å². The quantitative estimate of drug-likeness (QED) is 0.646. The summed E-state index contributed by atoms with van der Waals surface area (Å²) in [6, 6.07) is 4.92. The van der Waals surface area contributed by atoms with E-state index >= 15 is 0 Å². The Morgan fingerprint density at radius 2 is 2.25 bits per heavy atom. The molecule has 1 aliphatic heterocycles. The van der Waals surface area contributed by atoms with Crippen LogP contribution in [0.2, 0.25) is 5.02 Å². The summed E-state index contributed by atoms with van der Waals surface area (Å²) in [4.78, 5) is 12.4. The summed E-state index contributed by atoms with van der Waals surface area (Å²) >= 11 is 5.87. The largest absolute Gasteiger partial charge is 0.363 e. The van der Waals surface area contributed by atoms with Gasteiger partial charge in [0, 0.05) is 31.2 Å². The molecule has 0 aliphatic carbocycles. The standard InChI is InChI=1S/C10H12ClN3O2/c1-13(8-5-12-6-8)10-4-7(11)2-3-9(10)14(15)16/h2-4,8,12H,5-6H2,1H3. The first-order valence-electron chi connectivity index (χ1n) is 4.97. The van der Waals surface area contributed by atoms with Gasteiger partial charge in [-0.05, 0) is 12.1 Å². The second kappa shape index (κ2) is 4.27. The van der Waals surface area contributed by atoms with Gasteiger partial charge in [-0.25, -0.2) is 0 Å². The van der Waals surface area contributed by atoms with Gasteiger partial charge in [0.1, 0.15) is 5.69 Å². The lowest BCUT2D eigenvalue weighted by Crippen LogP contribution is -2.56. The lowest BCUT2D eigenvalue weighted by Gasteiger charge is -2.36. The van der Waals surface area contributed by atoms with E-state index in [-0.39, 0.29) is 10.6 Å². The predicted molar refractivity (Wildman–Crippen MR) is 63.2 cm³/mol. The minimum atomic E-state index is -0.381. The Hall–Kier alpha value is -1.33. The molecular formula is C10H12ClN3O2. The van der Waals surface area contributed by atoms with Crippen molar-refractivity contribution in [3.8, 4) is 0 Å². The number of benzene rings is 1. The third kappa shape index (κ3) is 1.96. The van der Waals surface area contributed by atoms with Crippen molar-refractivity contribution in [1.29, 1.82) is 0 Å². The van der Waals surface area contributed by atoms with E-state index in [4.69, 9.17) is 11.6 Å². The zero-order valence-electron chi connectivity index (χ0n) is 8.81. The van der Waals surface area contributed by atoms with Gasteiger partial charge in [-0.3, -0.25) is 10.1 Å². The molecule has 1 N–H and O–H groups in total. The van der Waals surface area contributed by atoms with E-state index in [2.05, 4.69) is 5.32 Å². The molecule has 0 radical (unpaired) electrons. The molecule has 0 amide bonds. The molecule has 2 rings (SSSR count). The maximum absolute atomic E-state index is 10.9. The fourth-order valence-corrected chi connectivity index (χ4v) is 1.84. The molecule has 86 valence electrons. The molecule has 16 heavy (non-hydrogen) atoms. The topological polar surface area (TPSA) is 58.4 Å². The number of halogens is 1. The molecule has 1 aromatic rings. The molecule has 1 aromatic carbocycles. The highest BCUT2D eigenvalue weighted by Crippen LogP contribution is 2.31. The maximum Gasteiger partial charge on any atom is 0.292 e. The zero-order valence-corrected chi connectivity index (χ0v) is 9.57. The summed E-state index contributed by atoms with van der Waals surface area (Å²) in [5.74, 6) is 0. The number of hydrogen-bond acceptors (Lipinski definition) is 4. The summed E-state index contributed by atoms with van der Waals surface area (Å²) < 4.78 is 0. The van der Waals surface area contributed by atoms with Gasteiger partial charge in [-0.15, -0.1) is 0 Å². The van der Waals surface area contributed by atoms with Crippen LogP contribution >= 0.6 is 11.6 Å². The smallest absolute Gasteiger partial charge is 0.292 e. The highest BCUT2D eigenvalue weighted by atomic mass is 35.5. The van der Waals surface area contributed by atoms with Crippen LogP contribution in [-0.2, 0) is 0 Å². The van der Waals surface area contributed by atoms with Gasteiger partial charge in [-0.2, -0.15) is 0 Å². The number of nitro benzene ring substituents is 1. The number of nitrogens with zero attached hydrogens (tertiary/aromatic N) is 2. The summed E-state index contributed by atoms with van der Waals surface area (Å²) in [5.41, 5.74) is 0.669. The average Bonchev–Trinajstić information content (AvgIpc) is 2.14. The highest BCUT2D eigenvalue weighted by Gasteiger charge is 2.26. The number of rotatable bonds is 3. The Morgan fingerprint density at radius 3 is 2.75 bits per heavy atom. The molecule has 1 fully saturated rings. The second-order valence-electron chi connectivity index (χ2n) is 3.81. The summed E-state index contributed by atoms with van der Waals surface area (Å²) in [6.07, 6.45) is 0. The van der Waals surface area contributed by atoms with Crippen molar-refractivity contribution in [2.24, 2.45) is 0 Å². The van der Waals surface area contributed by atoms with E-state index in [1.807, 2.05) is 11.9 Å². The van der Waals surface area contributed by atoms with Gasteiger partial charge in [0.2, 0.25) is 0 Å². The van der Waals surface area contributed by atoms with Crippen LogP contribution in [0.4, 0.5) is 11.4 Å². The van der Waals surface area contributed by atoms with E-state index in [1.54, 1.807) is 6.07 Å². The van der Waals surface area contributed by atoms with Crippen LogP contribution in [0.3, 0.4) is 0 Å². The monoisotopic (exact) mass is 241 g/mol. The van der Waals surface area contributed by atoms with Crippen LogP contribution in [0.1, 0.15) is 0 Å². The van der Waals surface area contributed by atoms with Crippen molar-refractivity contribution >= 4 is 23.0 Å². The fourth-order valence-electron chi connectivity index (χ4n) is 1.68. The van der Waals surface area contributed by atoms with E-state index in [9.17, 15) is 10.1 Å². The molecule has 0 aromatic heterocycles. The van der Waals surface area contributed by atoms with Gasteiger partial charge < -0.3 is 10.2 Å². The number of nitrogens with one attached hydrogen (secondary N) is 1. The molecule has 0 unspecified atom stereocenters. The summed E-state index contributed by atoms with van der Waals surface area (Å²) in [6.45, 7) is 1.69. The predicted octanol–water partition coefficient (Wildman–Crippen LogP) is 1.66. The van der Waals surface area contributed by atoms with Crippen molar-refractivity contribution in [2.45, 2.75) is 6.04 Å². The number of likely N-dealkylation sites (N-methyl/N-ethyl adjacent to an activating group) is 1. The first-order valence-corrected chi connectivity index (χ1v) is 5.35. The van der Waals surface area contributed by atoms with Crippen molar-refractivity contribution in [3.63, 3.8) is 0 Å². The van der Waals surface area contributed by atoms with Gasteiger partial charge in [-0.1, -0.05) is 11.6 Å². The van der Waals surface area contributed by atoms with E-state index < -0.39 is 0 Å². The van der Waals surface area contributed by atoms with Crippen molar-refractivity contribution in [2.75, 3.05) is 25.0 Å². The molecule has 1 aliphatic rings. The molecule has 0 bridgehead atoms. The zero-order chi connectivity index (χ0) is 11.7. The van der Waals surface area contributed by atoms with Crippen molar-refractivity contribution < 1.29 is 4.92 Å². The van der Waals surface area contributed by atoms with E-state index in [0.717, 1.165) is 13.1 Å². The Balaban J connectivity index is 2.36. The van der Waals surface area contributed by atoms with E-state index in [1.165, 1.54) is 12.1 Å². The highest BCUT2D eigenvalue weighted by molar-refractivity contribution is 6.31. The fraction of sp³-hybridized carbons (Fsp3) is 0.400. The number of hydrogen-bond donors (Lipinski definition) is 1. The second-order valence-corrected chi connectivity index (χ2v) is 4.25. The Morgan fingerprint density at radius 1 is 1.56 bits per heavy atom. The molecule has 0 spiro atoms. The van der Waals surface area contributed by atoms with Gasteiger partial charge in [0.25, 0.3) is 5.69 Å². The third-order valence-electron chi connectivity index (χ3n) is 2.82. The molecule has 1 saturated heterocycles. The van der Waals surface area contributed by atoms with Gasteiger partial charge in [0.05, 0.1) is 11.0 Å². The average molecular weight is 242 g/mol. The van der Waals surface area contributed by atoms with Crippen molar-refractivity contribution in [1.82, 2.24) is 5.32 Å². The molecule has 5 nitrogen and oxygen atoms in total. The number of anilines is 1. The molecule has 0 atom stereocenters. The Bertz CT molecular complexity index is 421. The lowest BCUT2D eigenvalue weighted by atomic mass is 10.1. The van der Waals surface area contributed by atoms with Crippen LogP contribution < -0.4 is 10.2 Å². The molecule has 1 heterocycles. The minimum absolute atomic E-state index is 0.0961. The van der Waals surface area contributed by atoms with Crippen LogP contribution in [-0.4, -0.2) is 31.1 Å². The van der Waals surface area contributed by atoms with Gasteiger partial charge >= 0.3 is 0 Å². The minimum Gasteiger partial charge on any atom is -0.363 e. The van der Waals surface area contributed by atoms with E-state index in [0.29, 0.717) is 16.8 Å². The molecular weight excluding hydrogens is 230 g/mol. The van der Waals surface area contributed by atoms with Crippen LogP contribution in [0.5, 0.6) is 0 Å². The Kier molecular flexibility index (Phi) is 2.98. The normalized spacial score (nSPS) is 15.6. The third-order valence-corrected chi connectivity index (χ3v) is 3.06. The summed E-state index contributed by atoms with van der Waals surface area (Å²) in [5, 5.41) is 14.5. The first kappa shape index (κ1) is 11.2. The summed E-state index contributed by atoms with van der Waals surface area (Å²) in [7, 11) is 1.85. The van der Waals surface area contributed by atoms with Crippen molar-refractivity contribution in [3.05, 3.63) is 33.3 Å². The Labute approximate surface area is 98.2 Å². The maximum atomic E-state index is 10.9.